The molecule has 0 saturated carbocycles. The van der Waals surface area contributed by atoms with Gasteiger partial charge in [0.25, 0.3) is 0 Å². The maximum Gasteiger partial charge on any atom is 0.419 e. The molecule has 0 radical (unpaired) electrons. The van der Waals surface area contributed by atoms with Crippen molar-refractivity contribution >= 4 is 21.8 Å². The van der Waals surface area contributed by atoms with Crippen molar-refractivity contribution in [1.29, 1.82) is 0 Å². The lowest BCUT2D eigenvalue weighted by Gasteiger charge is -2.45. The van der Waals surface area contributed by atoms with Gasteiger partial charge >= 0.3 is 6.18 Å². The number of β-amino-alcohol motifs (C(OH)–C–C–N with tert-alkyl or cyclic N) is 1. The van der Waals surface area contributed by atoms with Crippen molar-refractivity contribution in [2.75, 3.05) is 19.3 Å². The van der Waals surface area contributed by atoms with E-state index in [0.29, 0.717) is 0 Å². The van der Waals surface area contributed by atoms with Crippen molar-refractivity contribution in [3.63, 3.8) is 0 Å². The Hall–Kier alpha value is 0.410. The summed E-state index contributed by atoms with van der Waals surface area (Å²) in [6.07, 6.45) is -2.72. The molecule has 1 aliphatic heterocycles. The van der Waals surface area contributed by atoms with Gasteiger partial charge in [-0.3, -0.25) is 0 Å². The first-order valence-corrected chi connectivity index (χ1v) is 5.65. The molecule has 2 nitrogen and oxygen atoms in total. The minimum atomic E-state index is -4.50. The van der Waals surface area contributed by atoms with Gasteiger partial charge in [-0.15, -0.1) is 0 Å². The molecular weight excluding hydrogens is 211 g/mol. The third-order valence-electron chi connectivity index (χ3n) is 1.58. The van der Waals surface area contributed by atoms with Gasteiger partial charge in [-0.05, 0) is 17.2 Å². The zero-order chi connectivity index (χ0) is 9.41. The Morgan fingerprint density at radius 3 is 2.25 bits per heavy atom. The normalized spacial score (nSPS) is 23.8. The standard InChI is InChI=1S/C5H8F3NOS2/c1-11-12-9-2-4(10,3-9)5(6,7)8/h10H,2-3H2,1H3. The molecule has 0 aromatic rings. The minimum absolute atomic E-state index is 0.331. The van der Waals surface area contributed by atoms with E-state index in [2.05, 4.69) is 0 Å². The van der Waals surface area contributed by atoms with Crippen LogP contribution in [0.5, 0.6) is 0 Å². The number of hydrogen-bond donors (Lipinski definition) is 1. The van der Waals surface area contributed by atoms with E-state index in [1.54, 1.807) is 6.26 Å². The van der Waals surface area contributed by atoms with Crippen molar-refractivity contribution in [2.24, 2.45) is 0 Å². The van der Waals surface area contributed by atoms with E-state index in [-0.39, 0.29) is 13.1 Å². The first-order valence-electron chi connectivity index (χ1n) is 3.14. The summed E-state index contributed by atoms with van der Waals surface area (Å²) in [6.45, 7) is -0.663. The number of alkyl halides is 3. The van der Waals surface area contributed by atoms with Crippen molar-refractivity contribution in [3.05, 3.63) is 0 Å². The highest BCUT2D eigenvalue weighted by Crippen LogP contribution is 2.42. The molecule has 0 amide bonds. The summed E-state index contributed by atoms with van der Waals surface area (Å²) in [7, 11) is 2.59. The Kier molecular flexibility index (Phi) is 2.87. The Balaban J connectivity index is 2.40. The summed E-state index contributed by atoms with van der Waals surface area (Å²) in [4.78, 5) is 0. The van der Waals surface area contributed by atoms with E-state index in [1.165, 1.54) is 26.1 Å². The molecule has 0 spiro atoms. The summed E-state index contributed by atoms with van der Waals surface area (Å²) in [5, 5.41) is 8.95. The van der Waals surface area contributed by atoms with E-state index < -0.39 is 11.8 Å². The smallest absolute Gasteiger partial charge is 0.378 e. The Bertz CT molecular complexity index is 169. The molecule has 0 atom stereocenters. The van der Waals surface area contributed by atoms with E-state index in [9.17, 15) is 13.2 Å². The fourth-order valence-corrected chi connectivity index (χ4v) is 2.57. The van der Waals surface area contributed by atoms with Crippen LogP contribution >= 0.6 is 21.8 Å². The second kappa shape index (κ2) is 3.28. The molecule has 1 saturated heterocycles. The van der Waals surface area contributed by atoms with Gasteiger partial charge < -0.3 is 5.11 Å². The maximum atomic E-state index is 12.0. The van der Waals surface area contributed by atoms with E-state index in [0.717, 1.165) is 0 Å². The fourth-order valence-electron chi connectivity index (χ4n) is 0.875. The van der Waals surface area contributed by atoms with Gasteiger partial charge in [-0.1, -0.05) is 10.8 Å². The summed E-state index contributed by atoms with van der Waals surface area (Å²) >= 11 is 0. The van der Waals surface area contributed by atoms with Crippen LogP contribution in [0, 0.1) is 0 Å². The number of rotatable bonds is 2. The number of halogens is 3. The molecule has 0 bridgehead atoms. The molecule has 0 unspecified atom stereocenters. The van der Waals surface area contributed by atoms with Crippen LogP contribution in [0.1, 0.15) is 0 Å². The number of nitrogens with zero attached hydrogens (tertiary/aromatic N) is 1. The molecule has 1 N–H and O–H groups in total. The molecule has 1 aliphatic rings. The van der Waals surface area contributed by atoms with Crippen LogP contribution in [0.15, 0.2) is 0 Å². The topological polar surface area (TPSA) is 23.5 Å². The molecule has 1 heterocycles. The van der Waals surface area contributed by atoms with Crippen LogP contribution < -0.4 is 0 Å². The Morgan fingerprint density at radius 1 is 1.42 bits per heavy atom. The third-order valence-corrected chi connectivity index (χ3v) is 3.28. The monoisotopic (exact) mass is 219 g/mol. The lowest BCUT2D eigenvalue weighted by Crippen LogP contribution is -2.66. The largest absolute Gasteiger partial charge is 0.419 e. The second-order valence-electron chi connectivity index (χ2n) is 2.57. The van der Waals surface area contributed by atoms with Gasteiger partial charge in [0.1, 0.15) is 0 Å². The van der Waals surface area contributed by atoms with Crippen LogP contribution in [0.25, 0.3) is 0 Å². The number of hydrogen-bond acceptors (Lipinski definition) is 4. The molecule has 0 aliphatic carbocycles. The highest BCUT2D eigenvalue weighted by molar-refractivity contribution is 8.75. The second-order valence-corrected chi connectivity index (χ2v) is 5.01. The van der Waals surface area contributed by atoms with Crippen LogP contribution in [0.3, 0.4) is 0 Å². The number of aliphatic hydroxyl groups is 1. The molecule has 0 aromatic carbocycles. The highest BCUT2D eigenvalue weighted by Gasteiger charge is 2.61. The quantitative estimate of drug-likeness (QED) is 0.562. The van der Waals surface area contributed by atoms with Gasteiger partial charge in [0.2, 0.25) is 0 Å². The average Bonchev–Trinajstić information content (AvgIpc) is 1.82. The Morgan fingerprint density at radius 2 is 1.92 bits per heavy atom. The van der Waals surface area contributed by atoms with Crippen LogP contribution in [-0.4, -0.2) is 40.5 Å². The zero-order valence-corrected chi connectivity index (χ0v) is 7.89. The predicted molar refractivity (Wildman–Crippen MR) is 43.7 cm³/mol. The summed E-state index contributed by atoms with van der Waals surface area (Å²) < 4.78 is 37.5. The minimum Gasteiger partial charge on any atom is -0.378 e. The molecule has 72 valence electrons. The van der Waals surface area contributed by atoms with Crippen molar-refractivity contribution in [1.82, 2.24) is 4.31 Å². The average molecular weight is 219 g/mol. The lowest BCUT2D eigenvalue weighted by molar-refractivity contribution is -0.288. The molecule has 12 heavy (non-hydrogen) atoms. The van der Waals surface area contributed by atoms with Crippen LogP contribution in [0.4, 0.5) is 13.2 Å². The first kappa shape index (κ1) is 10.5. The zero-order valence-electron chi connectivity index (χ0n) is 6.26. The van der Waals surface area contributed by atoms with E-state index in [1.807, 2.05) is 0 Å². The van der Waals surface area contributed by atoms with Gasteiger partial charge in [-0.25, -0.2) is 4.31 Å². The van der Waals surface area contributed by atoms with Crippen LogP contribution in [0.2, 0.25) is 0 Å². The van der Waals surface area contributed by atoms with E-state index >= 15 is 0 Å². The van der Waals surface area contributed by atoms with Gasteiger partial charge in [-0.2, -0.15) is 13.2 Å². The van der Waals surface area contributed by atoms with Crippen molar-refractivity contribution in [2.45, 2.75) is 11.8 Å². The van der Waals surface area contributed by atoms with Gasteiger partial charge in [0, 0.05) is 13.1 Å². The van der Waals surface area contributed by atoms with Crippen molar-refractivity contribution in [3.8, 4) is 0 Å². The molecule has 7 heteroatoms. The van der Waals surface area contributed by atoms with Crippen LogP contribution in [-0.2, 0) is 0 Å². The summed E-state index contributed by atoms with van der Waals surface area (Å²) in [5.41, 5.74) is -2.48. The summed E-state index contributed by atoms with van der Waals surface area (Å²) in [6, 6.07) is 0. The maximum absolute atomic E-state index is 12.0. The molecule has 0 aromatic heterocycles. The predicted octanol–water partition coefficient (Wildman–Crippen LogP) is 1.52. The molecule has 1 rings (SSSR count). The van der Waals surface area contributed by atoms with E-state index in [4.69, 9.17) is 5.11 Å². The lowest BCUT2D eigenvalue weighted by atomic mass is 9.97. The van der Waals surface area contributed by atoms with Gasteiger partial charge in [0.15, 0.2) is 5.60 Å². The Labute approximate surface area is 76.0 Å². The van der Waals surface area contributed by atoms with Gasteiger partial charge in [0.05, 0.1) is 0 Å². The van der Waals surface area contributed by atoms with Crippen molar-refractivity contribution < 1.29 is 18.3 Å². The third kappa shape index (κ3) is 1.84. The first-order chi connectivity index (χ1) is 5.39. The molecular formula is C5H8F3NOS2. The highest BCUT2D eigenvalue weighted by atomic mass is 33.1. The molecule has 1 fully saturated rings. The fraction of sp³-hybridized carbons (Fsp3) is 1.00. The SMILES string of the molecule is CSSN1CC(O)(C(F)(F)F)C1. The summed E-state index contributed by atoms with van der Waals surface area (Å²) in [5.74, 6) is 0.